The Balaban J connectivity index is 1.84. The highest BCUT2D eigenvalue weighted by Gasteiger charge is 2.14. The first kappa shape index (κ1) is 15.0. The maximum absolute atomic E-state index is 12.5. The molecule has 0 bridgehead atoms. The lowest BCUT2D eigenvalue weighted by Gasteiger charge is -2.07. The van der Waals surface area contributed by atoms with Crippen molar-refractivity contribution in [2.24, 2.45) is 0 Å². The summed E-state index contributed by atoms with van der Waals surface area (Å²) in [5, 5.41) is 13.6. The van der Waals surface area contributed by atoms with Gasteiger partial charge in [-0.25, -0.2) is 0 Å². The van der Waals surface area contributed by atoms with E-state index in [1.54, 1.807) is 24.3 Å². The Morgan fingerprint density at radius 3 is 2.39 bits per heavy atom. The Kier molecular flexibility index (Phi) is 4.22. The lowest BCUT2D eigenvalue weighted by molar-refractivity contribution is 0.103. The average molecular weight is 318 g/mol. The van der Waals surface area contributed by atoms with Crippen LogP contribution in [0.4, 0.5) is 5.69 Å². The Morgan fingerprint density at radius 1 is 1.04 bits per heavy atom. The first-order valence-electron chi connectivity index (χ1n) is 7.13. The summed E-state index contributed by atoms with van der Waals surface area (Å²) in [6, 6.07) is 19.0. The van der Waals surface area contributed by atoms with Crippen LogP contribution in [0.1, 0.15) is 20.8 Å². The van der Waals surface area contributed by atoms with Gasteiger partial charge in [-0.3, -0.25) is 4.79 Å². The molecule has 0 radical (unpaired) electrons. The van der Waals surface area contributed by atoms with E-state index in [1.807, 2.05) is 42.6 Å². The van der Waals surface area contributed by atoms with E-state index in [-0.39, 0.29) is 5.91 Å². The molecule has 1 amide bonds. The van der Waals surface area contributed by atoms with Crippen LogP contribution in [0.15, 0.2) is 60.0 Å². The third-order valence-electron chi connectivity index (χ3n) is 3.51. The van der Waals surface area contributed by atoms with Crippen LogP contribution in [0, 0.1) is 18.3 Å². The molecule has 2 aromatic carbocycles. The van der Waals surface area contributed by atoms with Crippen molar-refractivity contribution in [3.63, 3.8) is 0 Å². The number of benzene rings is 2. The summed E-state index contributed by atoms with van der Waals surface area (Å²) in [7, 11) is 0. The number of nitriles is 1. The highest BCUT2D eigenvalue weighted by Crippen LogP contribution is 2.29. The van der Waals surface area contributed by atoms with Crippen LogP contribution in [0.2, 0.25) is 0 Å². The second-order valence-corrected chi connectivity index (χ2v) is 6.09. The van der Waals surface area contributed by atoms with Crippen molar-refractivity contribution < 1.29 is 4.79 Å². The fourth-order valence-corrected chi connectivity index (χ4v) is 3.07. The Hall–Kier alpha value is -2.90. The normalized spacial score (nSPS) is 10.1. The van der Waals surface area contributed by atoms with Crippen LogP contribution in [0.3, 0.4) is 0 Å². The SMILES string of the molecule is Cc1ccc(-c2ccsc2C(=O)Nc2ccc(C#N)cc2)cc1. The summed E-state index contributed by atoms with van der Waals surface area (Å²) in [5.74, 6) is -0.139. The molecule has 1 aromatic heterocycles. The zero-order valence-electron chi connectivity index (χ0n) is 12.5. The standard InChI is InChI=1S/C19H14N2OS/c1-13-2-6-15(7-3-13)17-10-11-23-18(17)19(22)21-16-8-4-14(12-20)5-9-16/h2-11H,1H3,(H,21,22). The number of carbonyl (C=O) groups excluding carboxylic acids is 1. The average Bonchev–Trinajstić information content (AvgIpc) is 3.06. The molecule has 0 aliphatic heterocycles. The van der Waals surface area contributed by atoms with E-state index in [0.29, 0.717) is 16.1 Å². The zero-order valence-corrected chi connectivity index (χ0v) is 13.4. The van der Waals surface area contributed by atoms with E-state index in [0.717, 1.165) is 11.1 Å². The summed E-state index contributed by atoms with van der Waals surface area (Å²) in [6.45, 7) is 2.04. The predicted octanol–water partition coefficient (Wildman–Crippen LogP) is 4.85. The van der Waals surface area contributed by atoms with Crippen molar-refractivity contribution in [1.82, 2.24) is 0 Å². The third-order valence-corrected chi connectivity index (χ3v) is 4.42. The second-order valence-electron chi connectivity index (χ2n) is 5.17. The van der Waals surface area contributed by atoms with E-state index in [2.05, 4.69) is 11.4 Å². The van der Waals surface area contributed by atoms with Gasteiger partial charge < -0.3 is 5.32 Å². The number of rotatable bonds is 3. The maximum atomic E-state index is 12.5. The van der Waals surface area contributed by atoms with E-state index >= 15 is 0 Å². The van der Waals surface area contributed by atoms with Crippen molar-refractivity contribution >= 4 is 22.9 Å². The number of carbonyl (C=O) groups is 1. The fraction of sp³-hybridized carbons (Fsp3) is 0.0526. The highest BCUT2D eigenvalue weighted by atomic mass is 32.1. The number of nitrogens with one attached hydrogen (secondary N) is 1. The molecule has 1 N–H and O–H groups in total. The van der Waals surface area contributed by atoms with Gasteiger partial charge in [-0.05, 0) is 48.2 Å². The summed E-state index contributed by atoms with van der Waals surface area (Å²) < 4.78 is 0. The monoisotopic (exact) mass is 318 g/mol. The zero-order chi connectivity index (χ0) is 16.2. The number of nitrogens with zero attached hydrogens (tertiary/aromatic N) is 1. The molecule has 3 rings (SSSR count). The van der Waals surface area contributed by atoms with E-state index in [9.17, 15) is 4.79 Å². The molecule has 0 atom stereocenters. The first-order valence-corrected chi connectivity index (χ1v) is 8.01. The molecule has 4 heteroatoms. The molecule has 3 aromatic rings. The van der Waals surface area contributed by atoms with Crippen molar-refractivity contribution in [3.8, 4) is 17.2 Å². The van der Waals surface area contributed by atoms with E-state index in [4.69, 9.17) is 5.26 Å². The molecule has 0 fully saturated rings. The summed E-state index contributed by atoms with van der Waals surface area (Å²) in [5.41, 5.74) is 4.40. The summed E-state index contributed by atoms with van der Waals surface area (Å²) in [6.07, 6.45) is 0. The maximum Gasteiger partial charge on any atom is 0.266 e. The molecule has 112 valence electrons. The van der Waals surface area contributed by atoms with E-state index < -0.39 is 0 Å². The summed E-state index contributed by atoms with van der Waals surface area (Å²) in [4.78, 5) is 13.2. The van der Waals surface area contributed by atoms with Gasteiger partial charge in [-0.15, -0.1) is 11.3 Å². The third kappa shape index (κ3) is 3.31. The predicted molar refractivity (Wildman–Crippen MR) is 93.6 cm³/mol. The molecule has 0 saturated carbocycles. The molecule has 0 aliphatic rings. The van der Waals surface area contributed by atoms with Crippen LogP contribution in [-0.4, -0.2) is 5.91 Å². The Bertz CT molecular complexity index is 871. The quantitative estimate of drug-likeness (QED) is 0.750. The second kappa shape index (κ2) is 6.47. The molecule has 0 saturated heterocycles. The van der Waals surface area contributed by atoms with Gasteiger partial charge >= 0.3 is 0 Å². The lowest BCUT2D eigenvalue weighted by Crippen LogP contribution is -2.11. The van der Waals surface area contributed by atoms with E-state index in [1.165, 1.54) is 16.9 Å². The Labute approximate surface area is 138 Å². The lowest BCUT2D eigenvalue weighted by atomic mass is 10.0. The smallest absolute Gasteiger partial charge is 0.266 e. The van der Waals surface area contributed by atoms with Gasteiger partial charge in [-0.1, -0.05) is 29.8 Å². The molecule has 1 heterocycles. The number of amides is 1. The van der Waals surface area contributed by atoms with Crippen LogP contribution in [-0.2, 0) is 0 Å². The van der Waals surface area contributed by atoms with Gasteiger partial charge in [0, 0.05) is 11.3 Å². The largest absolute Gasteiger partial charge is 0.321 e. The Morgan fingerprint density at radius 2 is 1.74 bits per heavy atom. The van der Waals surface area contributed by atoms with Gasteiger partial charge in [0.25, 0.3) is 5.91 Å². The van der Waals surface area contributed by atoms with Crippen LogP contribution in [0.25, 0.3) is 11.1 Å². The van der Waals surface area contributed by atoms with Gasteiger partial charge in [0.05, 0.1) is 16.5 Å². The minimum absolute atomic E-state index is 0.139. The molecule has 3 nitrogen and oxygen atoms in total. The fourth-order valence-electron chi connectivity index (χ4n) is 2.26. The molecule has 0 aliphatic carbocycles. The minimum Gasteiger partial charge on any atom is -0.321 e. The number of hydrogen-bond donors (Lipinski definition) is 1. The molecule has 23 heavy (non-hydrogen) atoms. The van der Waals surface area contributed by atoms with Gasteiger partial charge in [0.2, 0.25) is 0 Å². The van der Waals surface area contributed by atoms with Crippen molar-refractivity contribution in [2.75, 3.05) is 5.32 Å². The molecule has 0 spiro atoms. The van der Waals surface area contributed by atoms with Crippen LogP contribution in [0.5, 0.6) is 0 Å². The van der Waals surface area contributed by atoms with Crippen LogP contribution >= 0.6 is 11.3 Å². The minimum atomic E-state index is -0.139. The van der Waals surface area contributed by atoms with Gasteiger partial charge in [0.15, 0.2) is 0 Å². The molecular weight excluding hydrogens is 304 g/mol. The number of anilines is 1. The van der Waals surface area contributed by atoms with Crippen molar-refractivity contribution in [1.29, 1.82) is 5.26 Å². The van der Waals surface area contributed by atoms with Gasteiger partial charge in [-0.2, -0.15) is 5.26 Å². The van der Waals surface area contributed by atoms with Crippen molar-refractivity contribution in [3.05, 3.63) is 76.0 Å². The highest BCUT2D eigenvalue weighted by molar-refractivity contribution is 7.12. The molecular formula is C19H14N2OS. The number of thiophene rings is 1. The van der Waals surface area contributed by atoms with Crippen molar-refractivity contribution in [2.45, 2.75) is 6.92 Å². The van der Waals surface area contributed by atoms with Gasteiger partial charge in [0.1, 0.15) is 0 Å². The number of hydrogen-bond acceptors (Lipinski definition) is 3. The van der Waals surface area contributed by atoms with Crippen LogP contribution < -0.4 is 5.32 Å². The molecule has 0 unspecified atom stereocenters. The summed E-state index contributed by atoms with van der Waals surface area (Å²) >= 11 is 1.42. The number of aryl methyl sites for hydroxylation is 1. The topological polar surface area (TPSA) is 52.9 Å². The first-order chi connectivity index (χ1) is 11.2.